The lowest BCUT2D eigenvalue weighted by Gasteiger charge is -2.29. The van der Waals surface area contributed by atoms with Crippen molar-refractivity contribution in [1.82, 2.24) is 0 Å². The number of ether oxygens (including phenoxy) is 2. The Morgan fingerprint density at radius 2 is 1.59 bits per heavy atom. The van der Waals surface area contributed by atoms with Crippen molar-refractivity contribution in [2.24, 2.45) is 0 Å². The summed E-state index contributed by atoms with van der Waals surface area (Å²) < 4.78 is 51.2. The number of fused-ring (bicyclic) bond motifs is 1. The number of methoxy groups -OCH3 is 2. The topological polar surface area (TPSA) is 72.9 Å². The fraction of sp³-hybridized carbons (Fsp3) is 0.125. The van der Waals surface area contributed by atoms with Gasteiger partial charge in [-0.25, -0.2) is 12.8 Å². The highest BCUT2D eigenvalue weighted by Gasteiger charge is 2.36. The molecular weight excluding hydrogens is 433 g/mol. The number of hydrogen-bond acceptors (Lipinski definition) is 6. The molecule has 0 unspecified atom stereocenters. The van der Waals surface area contributed by atoms with Crippen molar-refractivity contribution in [1.29, 1.82) is 0 Å². The quantitative estimate of drug-likeness (QED) is 0.408. The van der Waals surface area contributed by atoms with E-state index >= 15 is 0 Å². The van der Waals surface area contributed by atoms with Crippen LogP contribution in [0.2, 0.25) is 0 Å². The van der Waals surface area contributed by atoms with Crippen LogP contribution in [0.1, 0.15) is 15.9 Å². The number of rotatable bonds is 5. The van der Waals surface area contributed by atoms with E-state index in [0.717, 1.165) is 17.7 Å². The number of carbonyl (C=O) groups is 1. The van der Waals surface area contributed by atoms with E-state index in [1.165, 1.54) is 49.6 Å². The average molecular weight is 453 g/mol. The number of Topliss-reactive ketones (excluding diaryl/α,β-unsaturated/α-hetero) is 1. The molecule has 0 aliphatic carbocycles. The van der Waals surface area contributed by atoms with Gasteiger partial charge in [0.2, 0.25) is 15.6 Å². The van der Waals surface area contributed by atoms with E-state index in [1.54, 1.807) is 12.1 Å². The van der Waals surface area contributed by atoms with E-state index in [-0.39, 0.29) is 16.1 Å². The molecule has 0 radical (unpaired) electrons. The van der Waals surface area contributed by atoms with E-state index in [1.807, 2.05) is 19.1 Å². The van der Waals surface area contributed by atoms with Crippen LogP contribution >= 0.6 is 0 Å². The number of benzene rings is 3. The van der Waals surface area contributed by atoms with Crippen molar-refractivity contribution in [3.05, 3.63) is 88.7 Å². The summed E-state index contributed by atoms with van der Waals surface area (Å²) in [6.07, 6.45) is 1.24. The van der Waals surface area contributed by atoms with Gasteiger partial charge >= 0.3 is 0 Å². The molecule has 8 heteroatoms. The zero-order valence-corrected chi connectivity index (χ0v) is 18.4. The zero-order valence-electron chi connectivity index (χ0n) is 17.6. The fourth-order valence-corrected chi connectivity index (χ4v) is 5.02. The number of sulfone groups is 1. The Bertz CT molecular complexity index is 1350. The molecular formula is C24H20FNO5S. The lowest BCUT2D eigenvalue weighted by Crippen LogP contribution is -2.26. The first-order valence-corrected chi connectivity index (χ1v) is 11.1. The smallest absolute Gasteiger partial charge is 0.214 e. The zero-order chi connectivity index (χ0) is 23.0. The van der Waals surface area contributed by atoms with Gasteiger partial charge in [0.15, 0.2) is 11.5 Å². The molecule has 0 atom stereocenters. The van der Waals surface area contributed by atoms with E-state index in [9.17, 15) is 17.6 Å². The van der Waals surface area contributed by atoms with E-state index in [4.69, 9.17) is 9.47 Å². The molecule has 4 rings (SSSR count). The molecule has 0 bridgehead atoms. The van der Waals surface area contributed by atoms with Gasteiger partial charge in [-0.05, 0) is 55.5 Å². The second-order valence-corrected chi connectivity index (χ2v) is 9.10. The number of halogens is 1. The van der Waals surface area contributed by atoms with Gasteiger partial charge in [-0.2, -0.15) is 0 Å². The van der Waals surface area contributed by atoms with Crippen LogP contribution in [0.3, 0.4) is 0 Å². The SMILES string of the molecule is COc1ccc(C(=O)C2=CN(c3ccc(C)cc3)c3cc(F)ccc3S2(=O)=O)cc1OC. The molecule has 6 nitrogen and oxygen atoms in total. The summed E-state index contributed by atoms with van der Waals surface area (Å²) in [4.78, 5) is 14.3. The Balaban J connectivity index is 1.90. The Morgan fingerprint density at radius 1 is 0.906 bits per heavy atom. The average Bonchev–Trinajstić information content (AvgIpc) is 2.78. The van der Waals surface area contributed by atoms with Gasteiger partial charge in [0, 0.05) is 17.5 Å². The summed E-state index contributed by atoms with van der Waals surface area (Å²) >= 11 is 0. The summed E-state index contributed by atoms with van der Waals surface area (Å²) in [6.45, 7) is 1.92. The molecule has 3 aromatic rings. The maximum Gasteiger partial charge on any atom is 0.214 e. The summed E-state index contributed by atoms with van der Waals surface area (Å²) in [5.41, 5.74) is 1.85. The normalized spacial score (nSPS) is 14.4. The lowest BCUT2D eigenvalue weighted by molar-refractivity contribution is 0.104. The van der Waals surface area contributed by atoms with E-state index in [0.29, 0.717) is 17.2 Å². The first kappa shape index (κ1) is 21.6. The number of anilines is 2. The largest absolute Gasteiger partial charge is 0.493 e. The van der Waals surface area contributed by atoms with Gasteiger partial charge in [0.1, 0.15) is 10.7 Å². The third kappa shape index (κ3) is 3.62. The standard InChI is InChI=1S/C24H20FNO5S/c1-15-4-8-18(9-5-15)26-14-23(32(28,29)22-11-7-17(25)13-19(22)26)24(27)16-6-10-20(30-2)21(12-16)31-3/h4-14H,1-3H3. The Hall–Kier alpha value is -3.65. The van der Waals surface area contributed by atoms with Gasteiger partial charge in [-0.3, -0.25) is 4.79 Å². The van der Waals surface area contributed by atoms with Crippen LogP contribution in [0.4, 0.5) is 15.8 Å². The van der Waals surface area contributed by atoms with Crippen LogP contribution in [-0.4, -0.2) is 28.4 Å². The van der Waals surface area contributed by atoms with Gasteiger partial charge in [0.05, 0.1) is 24.8 Å². The van der Waals surface area contributed by atoms with Crippen LogP contribution in [-0.2, 0) is 9.84 Å². The number of carbonyl (C=O) groups excluding carboxylic acids is 1. The molecule has 3 aromatic carbocycles. The molecule has 0 N–H and O–H groups in total. The second kappa shape index (κ2) is 8.12. The van der Waals surface area contributed by atoms with Crippen molar-refractivity contribution in [3.63, 3.8) is 0 Å². The number of aryl methyl sites for hydroxylation is 1. The molecule has 1 heterocycles. The second-order valence-electron chi connectivity index (χ2n) is 7.21. The maximum absolute atomic E-state index is 14.0. The molecule has 1 aliphatic heterocycles. The molecule has 0 saturated heterocycles. The third-order valence-electron chi connectivity index (χ3n) is 5.19. The summed E-state index contributed by atoms with van der Waals surface area (Å²) in [7, 11) is -1.32. The predicted octanol–water partition coefficient (Wildman–Crippen LogP) is 4.80. The maximum atomic E-state index is 14.0. The molecule has 0 fully saturated rings. The lowest BCUT2D eigenvalue weighted by atomic mass is 10.1. The van der Waals surface area contributed by atoms with Crippen LogP contribution < -0.4 is 14.4 Å². The van der Waals surface area contributed by atoms with Crippen molar-refractivity contribution in [2.75, 3.05) is 19.1 Å². The van der Waals surface area contributed by atoms with Gasteiger partial charge < -0.3 is 14.4 Å². The highest BCUT2D eigenvalue weighted by Crippen LogP contribution is 2.41. The minimum atomic E-state index is -4.20. The molecule has 32 heavy (non-hydrogen) atoms. The number of nitrogens with zero attached hydrogens (tertiary/aromatic N) is 1. The third-order valence-corrected chi connectivity index (χ3v) is 6.98. The fourth-order valence-electron chi connectivity index (χ4n) is 3.50. The van der Waals surface area contributed by atoms with E-state index < -0.39 is 26.3 Å². The molecule has 0 amide bonds. The highest BCUT2D eigenvalue weighted by atomic mass is 32.2. The number of ketones is 1. The molecule has 164 valence electrons. The van der Waals surface area contributed by atoms with Crippen molar-refractivity contribution < 1.29 is 27.1 Å². The van der Waals surface area contributed by atoms with Crippen LogP contribution in [0.25, 0.3) is 0 Å². The van der Waals surface area contributed by atoms with Crippen molar-refractivity contribution in [3.8, 4) is 11.5 Å². The Kier molecular flexibility index (Phi) is 5.48. The van der Waals surface area contributed by atoms with Crippen molar-refractivity contribution >= 4 is 27.0 Å². The highest BCUT2D eigenvalue weighted by molar-refractivity contribution is 7.96. The van der Waals surface area contributed by atoms with Gasteiger partial charge in [0.25, 0.3) is 0 Å². The minimum absolute atomic E-state index is 0.117. The van der Waals surface area contributed by atoms with Crippen molar-refractivity contribution in [2.45, 2.75) is 11.8 Å². The van der Waals surface area contributed by atoms with Crippen LogP contribution in [0.15, 0.2) is 76.7 Å². The number of hydrogen-bond donors (Lipinski definition) is 0. The molecule has 1 aliphatic rings. The molecule has 0 aromatic heterocycles. The first-order valence-electron chi connectivity index (χ1n) is 9.65. The molecule has 0 spiro atoms. The summed E-state index contributed by atoms with van der Waals surface area (Å²) in [5.74, 6) is -0.589. The van der Waals surface area contributed by atoms with Gasteiger partial charge in [-0.15, -0.1) is 0 Å². The Labute approximate surface area is 185 Å². The monoisotopic (exact) mass is 453 g/mol. The number of allylic oxidation sites excluding steroid dienone is 1. The Morgan fingerprint density at radius 3 is 2.25 bits per heavy atom. The van der Waals surface area contributed by atoms with E-state index in [2.05, 4.69) is 0 Å². The molecule has 0 saturated carbocycles. The van der Waals surface area contributed by atoms with Crippen LogP contribution in [0, 0.1) is 12.7 Å². The van der Waals surface area contributed by atoms with Gasteiger partial charge in [-0.1, -0.05) is 17.7 Å². The first-order chi connectivity index (χ1) is 15.3. The minimum Gasteiger partial charge on any atom is -0.493 e. The summed E-state index contributed by atoms with van der Waals surface area (Å²) in [5, 5.41) is 0. The predicted molar refractivity (Wildman–Crippen MR) is 119 cm³/mol. The summed E-state index contributed by atoms with van der Waals surface area (Å²) in [6, 6.07) is 15.0. The van der Waals surface area contributed by atoms with Crippen LogP contribution in [0.5, 0.6) is 11.5 Å².